The minimum absolute atomic E-state index is 0.0958. The molecule has 0 spiro atoms. The largest absolute Gasteiger partial charge is 0.441 e. The van der Waals surface area contributed by atoms with Gasteiger partial charge in [-0.05, 0) is 84.8 Å². The number of azide groups is 4. The number of amides is 1. The van der Waals surface area contributed by atoms with Crippen molar-refractivity contribution >= 4 is 22.9 Å². The van der Waals surface area contributed by atoms with Crippen LogP contribution >= 0.6 is 0 Å². The molecule has 0 radical (unpaired) electrons. The molecule has 1 atom stereocenters. The highest BCUT2D eigenvalue weighted by Gasteiger charge is 2.40. The monoisotopic (exact) mass is 641 g/mol. The van der Waals surface area contributed by atoms with Gasteiger partial charge in [0.05, 0.1) is 36.1 Å². The van der Waals surface area contributed by atoms with Gasteiger partial charge < -0.3 is 9.64 Å². The Morgan fingerprint density at radius 3 is 2.34 bits per heavy atom. The van der Waals surface area contributed by atoms with Crippen molar-refractivity contribution in [1.29, 1.82) is 0 Å². The smallest absolute Gasteiger partial charge is 0.435 e. The van der Waals surface area contributed by atoms with E-state index in [1.165, 1.54) is 6.92 Å². The van der Waals surface area contributed by atoms with Gasteiger partial charge in [0.1, 0.15) is 5.60 Å². The molecule has 0 N–H and O–H groups in total. The summed E-state index contributed by atoms with van der Waals surface area (Å²) in [5, 5.41) is 23.8. The summed E-state index contributed by atoms with van der Waals surface area (Å²) in [5.41, 5.74) is 36.4. The molecule has 242 valence electrons. The maximum Gasteiger partial charge on any atom is 0.435 e. The molecule has 1 saturated carbocycles. The Balaban J connectivity index is 1.34. The van der Waals surface area contributed by atoms with E-state index in [1.807, 2.05) is 11.0 Å². The number of carbonyl (C=O) groups is 2. The third-order valence-electron chi connectivity index (χ3n) is 8.23. The van der Waals surface area contributed by atoms with Crippen LogP contribution in [-0.4, -0.2) is 80.3 Å². The second-order valence-electron chi connectivity index (χ2n) is 11.7. The molecule has 1 unspecified atom stereocenters. The maximum atomic E-state index is 14.2. The van der Waals surface area contributed by atoms with Gasteiger partial charge in [-0.25, -0.2) is 4.79 Å². The minimum atomic E-state index is -1.36. The lowest BCUT2D eigenvalue weighted by atomic mass is 9.91. The number of rotatable bonds is 14. The molecule has 5 rings (SSSR count). The molecule has 20 heteroatoms. The second-order valence-corrected chi connectivity index (χ2v) is 11.7. The summed E-state index contributed by atoms with van der Waals surface area (Å²) in [4.78, 5) is 40.2. The second kappa shape index (κ2) is 14.5. The van der Waals surface area contributed by atoms with E-state index >= 15 is 0 Å². The lowest BCUT2D eigenvalue weighted by Gasteiger charge is -2.34. The van der Waals surface area contributed by atoms with E-state index < -0.39 is 11.7 Å². The van der Waals surface area contributed by atoms with Gasteiger partial charge in [-0.2, -0.15) is 14.9 Å². The Labute approximate surface area is 266 Å². The molecule has 0 bridgehead atoms. The zero-order valence-electron chi connectivity index (χ0n) is 25.5. The summed E-state index contributed by atoms with van der Waals surface area (Å²) >= 11 is 0. The number of aromatic nitrogens is 4. The molecule has 47 heavy (non-hydrogen) atoms. The number of ether oxygens (including phenoxy) is 1. The molecule has 2 aliphatic carbocycles. The molecule has 1 fully saturated rings. The van der Waals surface area contributed by atoms with Crippen LogP contribution in [0.1, 0.15) is 47.8 Å². The first-order valence-electron chi connectivity index (χ1n) is 14.9. The predicted octanol–water partition coefficient (Wildman–Crippen LogP) is 6.00. The SMILES string of the molecule is CC(CN=[N+]=[N-])(CN=[N+]=[N-])OC(=O)n1cc2c(n1)CCC(N(C(=O)c1cccc3c1cnn3CC(CN=[N+]=[N-])CN=[N+]=[N-])C1CC1)C2. The fourth-order valence-electron chi connectivity index (χ4n) is 5.83. The zero-order chi connectivity index (χ0) is 33.4. The van der Waals surface area contributed by atoms with E-state index in [9.17, 15) is 9.59 Å². The third-order valence-corrected chi connectivity index (χ3v) is 8.23. The first-order chi connectivity index (χ1) is 22.8. The Morgan fingerprint density at radius 2 is 1.70 bits per heavy atom. The molecule has 1 amide bonds. The van der Waals surface area contributed by atoms with Gasteiger partial charge in [0.2, 0.25) is 0 Å². The van der Waals surface area contributed by atoms with Crippen LogP contribution in [0.2, 0.25) is 0 Å². The number of hydrogen-bond donors (Lipinski definition) is 0. The molecule has 0 saturated heterocycles. The van der Waals surface area contributed by atoms with Gasteiger partial charge in [-0.15, -0.1) is 0 Å². The highest BCUT2D eigenvalue weighted by Crippen LogP contribution is 2.36. The molecular weight excluding hydrogens is 610 g/mol. The summed E-state index contributed by atoms with van der Waals surface area (Å²) < 4.78 is 8.36. The minimum Gasteiger partial charge on any atom is -0.441 e. The van der Waals surface area contributed by atoms with Crippen molar-refractivity contribution in [3.8, 4) is 0 Å². The van der Waals surface area contributed by atoms with Gasteiger partial charge in [0.15, 0.2) is 0 Å². The van der Waals surface area contributed by atoms with Gasteiger partial charge in [-0.3, -0.25) is 9.48 Å². The van der Waals surface area contributed by atoms with Crippen LogP contribution in [0.3, 0.4) is 0 Å². The van der Waals surface area contributed by atoms with E-state index in [-0.39, 0.29) is 50.1 Å². The molecule has 20 nitrogen and oxygen atoms in total. The molecule has 2 aromatic heterocycles. The van der Waals surface area contributed by atoms with Crippen molar-refractivity contribution in [2.24, 2.45) is 26.4 Å². The van der Waals surface area contributed by atoms with Crippen LogP contribution in [0.5, 0.6) is 0 Å². The lowest BCUT2D eigenvalue weighted by molar-refractivity contribution is 0.0369. The van der Waals surface area contributed by atoms with E-state index in [0.717, 1.165) is 34.3 Å². The van der Waals surface area contributed by atoms with Crippen LogP contribution in [-0.2, 0) is 24.1 Å². The van der Waals surface area contributed by atoms with Crippen LogP contribution in [0.25, 0.3) is 52.7 Å². The summed E-state index contributed by atoms with van der Waals surface area (Å²) in [6.07, 6.45) is 5.92. The number of benzene rings is 1. The Morgan fingerprint density at radius 1 is 1.02 bits per heavy atom. The van der Waals surface area contributed by atoms with E-state index in [1.54, 1.807) is 29.2 Å². The van der Waals surface area contributed by atoms with E-state index in [4.69, 9.17) is 26.9 Å². The maximum absolute atomic E-state index is 14.2. The number of hydrogen-bond acceptors (Lipinski definition) is 9. The Kier molecular flexibility index (Phi) is 9.99. The fourth-order valence-corrected chi connectivity index (χ4v) is 5.83. The topological polar surface area (TPSA) is 277 Å². The average Bonchev–Trinajstić information content (AvgIpc) is 3.67. The molecule has 3 aromatic rings. The molecular formula is C27H31N17O3. The average molecular weight is 642 g/mol. The summed E-state index contributed by atoms with van der Waals surface area (Å²) in [6.45, 7) is 1.64. The van der Waals surface area contributed by atoms with E-state index in [0.29, 0.717) is 36.8 Å². The van der Waals surface area contributed by atoms with Crippen molar-refractivity contribution in [1.82, 2.24) is 24.5 Å². The van der Waals surface area contributed by atoms with Crippen molar-refractivity contribution in [2.75, 3.05) is 26.2 Å². The van der Waals surface area contributed by atoms with Gasteiger partial charge >= 0.3 is 6.09 Å². The standard InChI is InChI=1S/C27H31N17O3/c1-27(15-34-40-30,16-35-41-31)47-26(46)43-14-18-9-20(7-8-23(18)37-43)44(19-5-6-19)25(45)21-3-2-4-24-22(21)12-36-42(24)13-17(10-32-38-28)11-33-39-29/h2-4,12,14,17,19-20H,5-11,13,15-16H2,1H3. The summed E-state index contributed by atoms with van der Waals surface area (Å²) in [6, 6.07) is 5.43. The normalized spacial score (nSPS) is 17.0. The number of fused-ring (bicyclic) bond motifs is 2. The van der Waals surface area contributed by atoms with Gasteiger partial charge in [0.25, 0.3) is 5.91 Å². The first kappa shape index (κ1) is 32.5. The molecule has 2 heterocycles. The van der Waals surface area contributed by atoms with Crippen LogP contribution < -0.4 is 0 Å². The van der Waals surface area contributed by atoms with E-state index in [2.05, 4.69) is 50.3 Å². The van der Waals surface area contributed by atoms with Gasteiger partial charge in [0, 0.05) is 62.9 Å². The van der Waals surface area contributed by atoms with Crippen molar-refractivity contribution in [3.05, 3.63) is 89.2 Å². The first-order valence-corrected chi connectivity index (χ1v) is 14.9. The van der Waals surface area contributed by atoms with Gasteiger partial charge in [-0.1, -0.05) is 26.5 Å². The number of aryl methyl sites for hydroxylation is 1. The highest BCUT2D eigenvalue weighted by molar-refractivity contribution is 6.06. The quantitative estimate of drug-likeness (QED) is 0.116. The zero-order valence-corrected chi connectivity index (χ0v) is 25.5. The number of nitrogens with zero attached hydrogens (tertiary/aromatic N) is 17. The summed E-state index contributed by atoms with van der Waals surface area (Å²) in [7, 11) is 0. The fraction of sp³-hybridized carbons (Fsp3) is 0.556. The predicted molar refractivity (Wildman–Crippen MR) is 167 cm³/mol. The summed E-state index contributed by atoms with van der Waals surface area (Å²) in [5.74, 6) is -0.378. The Bertz CT molecular complexity index is 1810. The lowest BCUT2D eigenvalue weighted by Crippen LogP contribution is -2.44. The Hall–Kier alpha value is -5.92. The third kappa shape index (κ3) is 7.49. The van der Waals surface area contributed by atoms with Crippen LogP contribution in [0.4, 0.5) is 4.79 Å². The highest BCUT2D eigenvalue weighted by atomic mass is 16.6. The van der Waals surface area contributed by atoms with Crippen molar-refractivity contribution in [2.45, 2.75) is 63.3 Å². The molecule has 0 aliphatic heterocycles. The van der Waals surface area contributed by atoms with Crippen LogP contribution in [0, 0.1) is 5.92 Å². The van der Waals surface area contributed by atoms with Crippen molar-refractivity contribution in [3.63, 3.8) is 0 Å². The van der Waals surface area contributed by atoms with Crippen molar-refractivity contribution < 1.29 is 14.3 Å². The number of carbonyl (C=O) groups excluding carboxylic acids is 2. The molecule has 2 aliphatic rings. The van der Waals surface area contributed by atoms with Crippen LogP contribution in [0.15, 0.2) is 51.0 Å². The molecule has 1 aromatic carbocycles.